The largest absolute Gasteiger partial charge is 0.496 e. The summed E-state index contributed by atoms with van der Waals surface area (Å²) < 4.78 is 17.4. The molecule has 2 aromatic carbocycles. The van der Waals surface area contributed by atoms with E-state index in [9.17, 15) is 9.59 Å². The molecule has 0 bridgehead atoms. The normalized spacial score (nSPS) is 18.5. The highest BCUT2D eigenvalue weighted by Crippen LogP contribution is 2.35. The van der Waals surface area contributed by atoms with E-state index in [-0.39, 0.29) is 17.3 Å². The summed E-state index contributed by atoms with van der Waals surface area (Å²) in [6.07, 6.45) is 9.26. The molecule has 3 heterocycles. The van der Waals surface area contributed by atoms with Crippen LogP contribution in [0, 0.1) is 11.8 Å². The van der Waals surface area contributed by atoms with Crippen molar-refractivity contribution in [3.8, 4) is 17.2 Å². The Labute approximate surface area is 264 Å². The first-order chi connectivity index (χ1) is 21.9. The Morgan fingerprint density at radius 3 is 2.33 bits per heavy atom. The smallest absolute Gasteiger partial charge is 0.204 e. The van der Waals surface area contributed by atoms with Crippen LogP contribution in [0.4, 0.5) is 5.82 Å². The van der Waals surface area contributed by atoms with Crippen LogP contribution >= 0.6 is 0 Å². The summed E-state index contributed by atoms with van der Waals surface area (Å²) in [6, 6.07) is 11.8. The van der Waals surface area contributed by atoms with Gasteiger partial charge < -0.3 is 29.3 Å². The number of benzene rings is 2. The maximum atomic E-state index is 13.3. The Morgan fingerprint density at radius 1 is 0.844 bits per heavy atom. The number of ether oxygens (including phenoxy) is 3. The molecule has 0 saturated carbocycles. The summed E-state index contributed by atoms with van der Waals surface area (Å²) >= 11 is 0. The quantitative estimate of drug-likeness (QED) is 0.326. The van der Waals surface area contributed by atoms with E-state index < -0.39 is 0 Å². The summed E-state index contributed by atoms with van der Waals surface area (Å²) in [6.45, 7) is 4.20. The van der Waals surface area contributed by atoms with Gasteiger partial charge in [-0.2, -0.15) is 0 Å². The number of para-hydroxylation sites is 1. The Balaban J connectivity index is 1.10. The van der Waals surface area contributed by atoms with E-state index in [0.29, 0.717) is 52.4 Å². The molecule has 2 fully saturated rings. The number of rotatable bonds is 10. The molecule has 1 aliphatic carbocycles. The number of nitrogens with zero attached hydrogens (tertiary/aromatic N) is 4. The Hall–Kier alpha value is -4.44. The minimum absolute atomic E-state index is 0.177. The van der Waals surface area contributed by atoms with Crippen LogP contribution < -0.4 is 19.5 Å². The molecule has 10 nitrogen and oxygen atoms in total. The van der Waals surface area contributed by atoms with E-state index in [0.717, 1.165) is 64.0 Å². The first kappa shape index (κ1) is 30.6. The molecule has 0 radical (unpaired) electrons. The number of anilines is 1. The van der Waals surface area contributed by atoms with E-state index in [1.54, 1.807) is 14.2 Å². The molecule has 45 heavy (non-hydrogen) atoms. The zero-order valence-corrected chi connectivity index (χ0v) is 26.3. The van der Waals surface area contributed by atoms with E-state index in [2.05, 4.69) is 33.3 Å². The topological polar surface area (TPSA) is 106 Å². The van der Waals surface area contributed by atoms with E-state index in [1.807, 2.05) is 35.2 Å². The maximum absolute atomic E-state index is 13.3. The third-order valence-corrected chi connectivity index (χ3v) is 9.20. The lowest BCUT2D eigenvalue weighted by Gasteiger charge is -2.35. The minimum atomic E-state index is -0.266. The van der Waals surface area contributed by atoms with E-state index in [1.165, 1.54) is 24.0 Å². The molecular formula is C35H41N5O5. The number of aromatic nitrogens is 2. The summed E-state index contributed by atoms with van der Waals surface area (Å²) in [5, 5.41) is 3.76. The Morgan fingerprint density at radius 2 is 1.58 bits per heavy atom. The molecule has 2 saturated heterocycles. The van der Waals surface area contributed by atoms with Gasteiger partial charge in [-0.05, 0) is 81.8 Å². The first-order valence-corrected chi connectivity index (χ1v) is 15.7. The standard InChI is InChI=1S/C35H41N5O5/c1-39-12-8-24(9-13-39)21-45-34-19-27-26(17-33(34)44-3)35(37-22-36-27)38-28-18-31(42)29(20-30(28)41)40-14-10-23(11-15-40)16-25-6-4-5-7-32(25)43-2/h4-7,17-20,22-24H,8-16,21H2,1-3H3,(H,36,37,38). The van der Waals surface area contributed by atoms with Crippen LogP contribution in [0.15, 0.2) is 66.3 Å². The van der Waals surface area contributed by atoms with Crippen molar-refractivity contribution in [3.05, 3.63) is 71.8 Å². The lowest BCUT2D eigenvalue weighted by molar-refractivity contribution is -0.116. The predicted octanol–water partition coefficient (Wildman–Crippen LogP) is 4.65. The zero-order valence-electron chi connectivity index (χ0n) is 26.3. The van der Waals surface area contributed by atoms with Gasteiger partial charge in [-0.25, -0.2) is 9.97 Å². The number of carbonyl (C=O) groups excluding carboxylic acids is 2. The second kappa shape index (κ2) is 13.7. The fourth-order valence-corrected chi connectivity index (χ4v) is 6.45. The van der Waals surface area contributed by atoms with Crippen LogP contribution in [0.5, 0.6) is 17.2 Å². The van der Waals surface area contributed by atoms with Gasteiger partial charge in [-0.3, -0.25) is 9.59 Å². The molecule has 10 heteroatoms. The van der Waals surface area contributed by atoms with Gasteiger partial charge in [-0.15, -0.1) is 0 Å². The number of allylic oxidation sites excluding steroid dienone is 2. The summed E-state index contributed by atoms with van der Waals surface area (Å²) in [7, 11) is 5.44. The summed E-state index contributed by atoms with van der Waals surface area (Å²) in [5.41, 5.74) is 2.47. The molecule has 0 spiro atoms. The van der Waals surface area contributed by atoms with Crippen molar-refractivity contribution in [3.63, 3.8) is 0 Å². The van der Waals surface area contributed by atoms with Gasteiger partial charge in [0.15, 0.2) is 11.5 Å². The molecule has 236 valence electrons. The number of hydrogen-bond acceptors (Lipinski definition) is 10. The average Bonchev–Trinajstić information content (AvgIpc) is 3.06. The van der Waals surface area contributed by atoms with Crippen molar-refractivity contribution in [1.29, 1.82) is 0 Å². The monoisotopic (exact) mass is 611 g/mol. The van der Waals surface area contributed by atoms with Gasteiger partial charge in [0, 0.05) is 36.7 Å². The van der Waals surface area contributed by atoms with Crippen molar-refractivity contribution in [2.75, 3.05) is 59.4 Å². The molecule has 0 unspecified atom stereocenters. The lowest BCUT2D eigenvalue weighted by Crippen LogP contribution is -2.37. The number of likely N-dealkylation sites (tertiary alicyclic amines) is 2. The Bertz CT molecular complexity index is 1620. The number of carbonyl (C=O) groups is 2. The highest BCUT2D eigenvalue weighted by atomic mass is 16.5. The van der Waals surface area contributed by atoms with Gasteiger partial charge >= 0.3 is 0 Å². The SMILES string of the molecule is COc1ccccc1CC1CCN(C2=CC(=O)C(Nc3ncnc4cc(OCC5CCN(C)CC5)c(OC)cc34)=CC2=O)CC1. The molecule has 6 rings (SSSR count). The number of fused-ring (bicyclic) bond motifs is 1. The van der Waals surface area contributed by atoms with Crippen LogP contribution in [0.25, 0.3) is 10.9 Å². The zero-order chi connectivity index (χ0) is 31.3. The van der Waals surface area contributed by atoms with Crippen LogP contribution in [0.1, 0.15) is 31.2 Å². The maximum Gasteiger partial charge on any atom is 0.204 e. The predicted molar refractivity (Wildman–Crippen MR) is 173 cm³/mol. The third kappa shape index (κ3) is 6.96. The van der Waals surface area contributed by atoms with Crippen LogP contribution in [-0.4, -0.2) is 85.4 Å². The first-order valence-electron chi connectivity index (χ1n) is 15.7. The van der Waals surface area contributed by atoms with Crippen molar-refractivity contribution in [1.82, 2.24) is 19.8 Å². The molecular weight excluding hydrogens is 570 g/mol. The number of ketones is 2. The van der Waals surface area contributed by atoms with Crippen molar-refractivity contribution >= 4 is 28.3 Å². The highest BCUT2D eigenvalue weighted by molar-refractivity contribution is 6.21. The van der Waals surface area contributed by atoms with Crippen LogP contribution in [0.3, 0.4) is 0 Å². The van der Waals surface area contributed by atoms with Crippen molar-refractivity contribution in [2.45, 2.75) is 32.1 Å². The van der Waals surface area contributed by atoms with Gasteiger partial charge in [0.1, 0.15) is 17.9 Å². The fourth-order valence-electron chi connectivity index (χ4n) is 6.45. The molecule has 2 aliphatic heterocycles. The number of piperidine rings is 2. The third-order valence-electron chi connectivity index (χ3n) is 9.20. The second-order valence-electron chi connectivity index (χ2n) is 12.2. The molecule has 0 atom stereocenters. The second-order valence-corrected chi connectivity index (χ2v) is 12.2. The van der Waals surface area contributed by atoms with Crippen molar-refractivity contribution in [2.24, 2.45) is 11.8 Å². The molecule has 1 N–H and O–H groups in total. The molecule has 3 aliphatic rings. The summed E-state index contributed by atoms with van der Waals surface area (Å²) in [5.74, 6) is 3.03. The average molecular weight is 612 g/mol. The lowest BCUT2D eigenvalue weighted by atomic mass is 9.89. The van der Waals surface area contributed by atoms with E-state index >= 15 is 0 Å². The molecule has 3 aromatic rings. The van der Waals surface area contributed by atoms with Gasteiger partial charge in [-0.1, -0.05) is 18.2 Å². The number of methoxy groups -OCH3 is 2. The summed E-state index contributed by atoms with van der Waals surface area (Å²) in [4.78, 5) is 39.7. The minimum Gasteiger partial charge on any atom is -0.496 e. The molecule has 0 amide bonds. The number of hydrogen-bond donors (Lipinski definition) is 1. The van der Waals surface area contributed by atoms with E-state index in [4.69, 9.17) is 14.2 Å². The highest BCUT2D eigenvalue weighted by Gasteiger charge is 2.29. The van der Waals surface area contributed by atoms with Gasteiger partial charge in [0.05, 0.1) is 37.7 Å². The van der Waals surface area contributed by atoms with Crippen LogP contribution in [-0.2, 0) is 16.0 Å². The van der Waals surface area contributed by atoms with Crippen LogP contribution in [0.2, 0.25) is 0 Å². The van der Waals surface area contributed by atoms with Gasteiger partial charge in [0.25, 0.3) is 0 Å². The number of nitrogens with one attached hydrogen (secondary N) is 1. The molecule has 1 aromatic heterocycles. The van der Waals surface area contributed by atoms with Gasteiger partial charge in [0.2, 0.25) is 11.6 Å². The Kier molecular flexibility index (Phi) is 9.30. The fraction of sp³-hybridized carbons (Fsp3) is 0.429. The van der Waals surface area contributed by atoms with Crippen molar-refractivity contribution < 1.29 is 23.8 Å².